The third-order valence-electron chi connectivity index (χ3n) is 2.77. The summed E-state index contributed by atoms with van der Waals surface area (Å²) in [6.45, 7) is 4.28. The molecule has 96 valence electrons. The van der Waals surface area contributed by atoms with Gasteiger partial charge in [-0.15, -0.1) is 0 Å². The van der Waals surface area contributed by atoms with E-state index in [0.29, 0.717) is 11.8 Å². The van der Waals surface area contributed by atoms with Crippen LogP contribution in [-0.2, 0) is 6.42 Å². The summed E-state index contributed by atoms with van der Waals surface area (Å²) < 4.78 is 10.3. The van der Waals surface area contributed by atoms with Gasteiger partial charge >= 0.3 is 0 Å². The van der Waals surface area contributed by atoms with Crippen LogP contribution >= 0.6 is 0 Å². The maximum atomic E-state index is 5.84. The molecule has 0 aliphatic heterocycles. The van der Waals surface area contributed by atoms with Gasteiger partial charge in [-0.2, -0.15) is 0 Å². The van der Waals surface area contributed by atoms with Gasteiger partial charge in [-0.25, -0.2) is 0 Å². The molecule has 18 heavy (non-hydrogen) atoms. The monoisotopic (exact) mass is 246 g/mol. The molecular weight excluding hydrogens is 228 g/mol. The van der Waals surface area contributed by atoms with Crippen LogP contribution in [0.1, 0.15) is 19.4 Å². The third-order valence-corrected chi connectivity index (χ3v) is 2.77. The highest BCUT2D eigenvalue weighted by Crippen LogP contribution is 2.30. The van der Waals surface area contributed by atoms with E-state index < -0.39 is 0 Å². The first-order valence-electron chi connectivity index (χ1n) is 6.00. The van der Waals surface area contributed by atoms with Gasteiger partial charge in [0, 0.05) is 11.1 Å². The van der Waals surface area contributed by atoms with E-state index in [2.05, 4.69) is 19.0 Å². The molecule has 2 aromatic rings. The van der Waals surface area contributed by atoms with Gasteiger partial charge in [-0.3, -0.25) is 0 Å². The minimum Gasteiger partial charge on any atom is -0.497 e. The number of methoxy groups -OCH3 is 1. The summed E-state index contributed by atoms with van der Waals surface area (Å²) >= 11 is 0. The summed E-state index contributed by atoms with van der Waals surface area (Å²) in [7, 11) is 1.64. The van der Waals surface area contributed by atoms with Crippen LogP contribution in [0.25, 0.3) is 11.3 Å². The minimum absolute atomic E-state index is 0.404. The van der Waals surface area contributed by atoms with E-state index in [-0.39, 0.29) is 0 Å². The number of aromatic nitrogens is 1. The molecule has 0 bridgehead atoms. The third kappa shape index (κ3) is 2.47. The highest BCUT2D eigenvalue weighted by molar-refractivity contribution is 5.68. The molecule has 0 saturated heterocycles. The molecule has 0 fully saturated rings. The van der Waals surface area contributed by atoms with Gasteiger partial charge in [0.2, 0.25) is 5.88 Å². The van der Waals surface area contributed by atoms with Crippen LogP contribution < -0.4 is 10.5 Å². The number of benzene rings is 1. The number of anilines is 1. The Morgan fingerprint density at radius 2 is 2.17 bits per heavy atom. The molecule has 1 heterocycles. The van der Waals surface area contributed by atoms with Gasteiger partial charge in [-0.05, 0) is 24.5 Å². The SMILES string of the molecule is COc1cccc(-c2noc(N)c2CC(C)C)c1. The Balaban J connectivity index is 2.43. The van der Waals surface area contributed by atoms with Crippen molar-refractivity contribution in [2.24, 2.45) is 5.92 Å². The fraction of sp³-hybridized carbons (Fsp3) is 0.357. The summed E-state index contributed by atoms with van der Waals surface area (Å²) in [4.78, 5) is 0. The van der Waals surface area contributed by atoms with Gasteiger partial charge < -0.3 is 15.0 Å². The van der Waals surface area contributed by atoms with Gasteiger partial charge in [0.15, 0.2) is 0 Å². The van der Waals surface area contributed by atoms with Crippen molar-refractivity contribution in [3.8, 4) is 17.0 Å². The zero-order chi connectivity index (χ0) is 13.1. The molecular formula is C14H18N2O2. The Hall–Kier alpha value is -1.97. The molecule has 4 nitrogen and oxygen atoms in total. The lowest BCUT2D eigenvalue weighted by molar-refractivity contribution is 0.415. The smallest absolute Gasteiger partial charge is 0.225 e. The summed E-state index contributed by atoms with van der Waals surface area (Å²) in [5.41, 5.74) is 8.58. The average Bonchev–Trinajstić information content (AvgIpc) is 2.71. The van der Waals surface area contributed by atoms with Crippen LogP contribution in [0.2, 0.25) is 0 Å². The molecule has 0 unspecified atom stereocenters. The first kappa shape index (κ1) is 12.5. The van der Waals surface area contributed by atoms with Crippen molar-refractivity contribution in [2.45, 2.75) is 20.3 Å². The first-order valence-corrected chi connectivity index (χ1v) is 6.00. The number of hydrogen-bond acceptors (Lipinski definition) is 4. The van der Waals surface area contributed by atoms with Crippen LogP contribution in [-0.4, -0.2) is 12.3 Å². The largest absolute Gasteiger partial charge is 0.497 e. The molecule has 2 rings (SSSR count). The van der Waals surface area contributed by atoms with E-state index in [1.165, 1.54) is 0 Å². The predicted octanol–water partition coefficient (Wildman–Crippen LogP) is 3.13. The fourth-order valence-electron chi connectivity index (χ4n) is 1.92. The molecule has 2 N–H and O–H groups in total. The predicted molar refractivity (Wildman–Crippen MR) is 71.4 cm³/mol. The second-order valence-electron chi connectivity index (χ2n) is 4.70. The molecule has 0 saturated carbocycles. The topological polar surface area (TPSA) is 61.3 Å². The van der Waals surface area contributed by atoms with Crippen LogP contribution in [0.4, 0.5) is 5.88 Å². The van der Waals surface area contributed by atoms with Crippen LogP contribution in [0.3, 0.4) is 0 Å². The molecule has 0 aliphatic rings. The van der Waals surface area contributed by atoms with Gasteiger partial charge in [0.05, 0.1) is 7.11 Å². The Morgan fingerprint density at radius 3 is 2.83 bits per heavy atom. The Morgan fingerprint density at radius 1 is 1.39 bits per heavy atom. The lowest BCUT2D eigenvalue weighted by Crippen LogP contribution is -1.98. The summed E-state index contributed by atoms with van der Waals surface area (Å²) in [6, 6.07) is 7.73. The normalized spacial score (nSPS) is 10.9. The molecule has 0 spiro atoms. The van der Waals surface area contributed by atoms with Crippen molar-refractivity contribution in [2.75, 3.05) is 12.8 Å². The van der Waals surface area contributed by atoms with Crippen LogP contribution in [0, 0.1) is 5.92 Å². The van der Waals surface area contributed by atoms with Crippen molar-refractivity contribution in [3.05, 3.63) is 29.8 Å². The van der Waals surface area contributed by atoms with E-state index in [1.807, 2.05) is 24.3 Å². The average molecular weight is 246 g/mol. The first-order chi connectivity index (χ1) is 8.61. The second-order valence-corrected chi connectivity index (χ2v) is 4.70. The standard InChI is InChI=1S/C14H18N2O2/c1-9(2)7-12-13(16-18-14(12)15)10-5-4-6-11(8-10)17-3/h4-6,8-9H,7,15H2,1-3H3. The number of hydrogen-bond donors (Lipinski definition) is 1. The zero-order valence-corrected chi connectivity index (χ0v) is 10.9. The Labute approximate surface area is 107 Å². The van der Waals surface area contributed by atoms with Crippen molar-refractivity contribution in [1.29, 1.82) is 0 Å². The van der Waals surface area contributed by atoms with Gasteiger partial charge in [-0.1, -0.05) is 31.1 Å². The highest BCUT2D eigenvalue weighted by atomic mass is 16.5. The van der Waals surface area contributed by atoms with E-state index in [1.54, 1.807) is 7.11 Å². The fourth-order valence-corrected chi connectivity index (χ4v) is 1.92. The number of rotatable bonds is 4. The van der Waals surface area contributed by atoms with E-state index >= 15 is 0 Å². The number of ether oxygens (including phenoxy) is 1. The van der Waals surface area contributed by atoms with Crippen LogP contribution in [0.15, 0.2) is 28.8 Å². The zero-order valence-electron chi connectivity index (χ0n) is 10.9. The van der Waals surface area contributed by atoms with Crippen molar-refractivity contribution < 1.29 is 9.26 Å². The minimum atomic E-state index is 0.404. The number of nitrogens with two attached hydrogens (primary N) is 1. The maximum absolute atomic E-state index is 5.84. The van der Waals surface area contributed by atoms with Crippen molar-refractivity contribution in [3.63, 3.8) is 0 Å². The van der Waals surface area contributed by atoms with Crippen LogP contribution in [0.5, 0.6) is 5.75 Å². The molecule has 1 aromatic heterocycles. The summed E-state index contributed by atoms with van der Waals surface area (Å²) in [5.74, 6) is 1.70. The molecule has 0 aliphatic carbocycles. The van der Waals surface area contributed by atoms with Crippen molar-refractivity contribution in [1.82, 2.24) is 5.16 Å². The molecule has 0 amide bonds. The lowest BCUT2D eigenvalue weighted by atomic mass is 9.99. The van der Waals surface area contributed by atoms with E-state index in [0.717, 1.165) is 29.0 Å². The van der Waals surface area contributed by atoms with Crippen molar-refractivity contribution >= 4 is 5.88 Å². The molecule has 0 radical (unpaired) electrons. The maximum Gasteiger partial charge on any atom is 0.225 e. The van der Waals surface area contributed by atoms with Gasteiger partial charge in [0.25, 0.3) is 0 Å². The van der Waals surface area contributed by atoms with Gasteiger partial charge in [0.1, 0.15) is 11.4 Å². The second kappa shape index (κ2) is 5.12. The number of nitrogens with zero attached hydrogens (tertiary/aromatic N) is 1. The Bertz CT molecular complexity index is 532. The lowest BCUT2D eigenvalue weighted by Gasteiger charge is -2.06. The molecule has 1 aromatic carbocycles. The molecule has 0 atom stereocenters. The Kier molecular flexibility index (Phi) is 3.55. The summed E-state index contributed by atoms with van der Waals surface area (Å²) in [6.07, 6.45) is 0.849. The highest BCUT2D eigenvalue weighted by Gasteiger charge is 2.16. The number of nitrogen functional groups attached to an aromatic ring is 1. The van der Waals surface area contributed by atoms with E-state index in [4.69, 9.17) is 15.0 Å². The molecule has 4 heteroatoms. The quantitative estimate of drug-likeness (QED) is 0.900. The summed E-state index contributed by atoms with van der Waals surface area (Å²) in [5, 5.41) is 4.06. The van der Waals surface area contributed by atoms with E-state index in [9.17, 15) is 0 Å².